The second kappa shape index (κ2) is 10.2. The van der Waals surface area contributed by atoms with Crippen LogP contribution in [0.15, 0.2) is 12.1 Å². The van der Waals surface area contributed by atoms with Gasteiger partial charge in [-0.1, -0.05) is 23.2 Å². The molecule has 0 bridgehead atoms. The molecule has 0 radical (unpaired) electrons. The van der Waals surface area contributed by atoms with Crippen molar-refractivity contribution >= 4 is 35.1 Å². The van der Waals surface area contributed by atoms with Crippen LogP contribution in [0.1, 0.15) is 53.4 Å². The van der Waals surface area contributed by atoms with Gasteiger partial charge in [0.15, 0.2) is 0 Å². The van der Waals surface area contributed by atoms with Crippen molar-refractivity contribution in [3.63, 3.8) is 0 Å². The van der Waals surface area contributed by atoms with Crippen LogP contribution < -0.4 is 9.47 Å². The fraction of sp³-hybridized carbons (Fsp3) is 0.600. The molecule has 0 saturated heterocycles. The zero-order chi connectivity index (χ0) is 21.5. The highest BCUT2D eigenvalue weighted by atomic mass is 35.5. The lowest BCUT2D eigenvalue weighted by Gasteiger charge is -2.19. The minimum absolute atomic E-state index is 0.317. The number of aliphatic carboxylic acids is 2. The molecule has 158 valence electrons. The molecule has 28 heavy (non-hydrogen) atoms. The molecule has 0 aliphatic heterocycles. The molecule has 0 aliphatic carbocycles. The van der Waals surface area contributed by atoms with Gasteiger partial charge in [-0.25, -0.2) is 0 Å². The second-order valence-corrected chi connectivity index (χ2v) is 8.81. The first-order valence-corrected chi connectivity index (χ1v) is 9.84. The van der Waals surface area contributed by atoms with Crippen LogP contribution in [-0.2, 0) is 9.59 Å². The van der Waals surface area contributed by atoms with Crippen molar-refractivity contribution in [2.45, 2.75) is 53.4 Å². The number of halogens is 2. The Hall–Kier alpha value is -1.66. The molecule has 0 aromatic heterocycles. The summed E-state index contributed by atoms with van der Waals surface area (Å²) in [4.78, 5) is 22.2. The molecule has 0 atom stereocenters. The van der Waals surface area contributed by atoms with E-state index in [1.54, 1.807) is 39.8 Å². The van der Waals surface area contributed by atoms with Crippen LogP contribution in [0, 0.1) is 10.8 Å². The Morgan fingerprint density at radius 2 is 1.14 bits per heavy atom. The summed E-state index contributed by atoms with van der Waals surface area (Å²) in [6.07, 6.45) is 2.07. The van der Waals surface area contributed by atoms with E-state index in [0.29, 0.717) is 60.4 Å². The van der Waals surface area contributed by atoms with Gasteiger partial charge in [0.1, 0.15) is 11.5 Å². The minimum atomic E-state index is -0.846. The third-order valence-electron chi connectivity index (χ3n) is 4.55. The third kappa shape index (κ3) is 7.40. The lowest BCUT2D eigenvalue weighted by atomic mass is 9.88. The number of benzene rings is 1. The van der Waals surface area contributed by atoms with Crippen LogP contribution in [0.25, 0.3) is 0 Å². The molecule has 1 aromatic rings. The molecule has 8 heteroatoms. The Bertz CT molecular complexity index is 640. The normalized spacial score (nSPS) is 11.9. The maximum Gasteiger partial charge on any atom is 0.309 e. The summed E-state index contributed by atoms with van der Waals surface area (Å²) >= 11 is 12.4. The predicted molar refractivity (Wildman–Crippen MR) is 109 cm³/mol. The van der Waals surface area contributed by atoms with E-state index in [1.807, 2.05) is 0 Å². The van der Waals surface area contributed by atoms with Gasteiger partial charge in [-0.3, -0.25) is 9.59 Å². The summed E-state index contributed by atoms with van der Waals surface area (Å²) in [5, 5.41) is 18.9. The maximum absolute atomic E-state index is 11.1. The highest BCUT2D eigenvalue weighted by Crippen LogP contribution is 2.36. The summed E-state index contributed by atoms with van der Waals surface area (Å²) < 4.78 is 11.2. The maximum atomic E-state index is 11.1. The molecule has 0 unspecified atom stereocenters. The second-order valence-electron chi connectivity index (χ2n) is 8.00. The number of carbonyl (C=O) groups is 2. The van der Waals surface area contributed by atoms with Gasteiger partial charge in [0.2, 0.25) is 0 Å². The number of carboxylic acid groups (broad SMARTS) is 2. The third-order valence-corrected chi connectivity index (χ3v) is 5.14. The minimum Gasteiger partial charge on any atom is -0.492 e. The summed E-state index contributed by atoms with van der Waals surface area (Å²) in [5.41, 5.74) is -1.62. The molecule has 0 spiro atoms. The molecule has 0 amide bonds. The fourth-order valence-electron chi connectivity index (χ4n) is 2.34. The highest BCUT2D eigenvalue weighted by molar-refractivity contribution is 6.35. The number of hydrogen-bond donors (Lipinski definition) is 2. The number of carboxylic acids is 2. The van der Waals surface area contributed by atoms with Crippen LogP contribution in [0.2, 0.25) is 10.0 Å². The highest BCUT2D eigenvalue weighted by Gasteiger charge is 2.27. The summed E-state index contributed by atoms with van der Waals surface area (Å²) in [7, 11) is 0. The van der Waals surface area contributed by atoms with Crippen LogP contribution in [0.5, 0.6) is 11.5 Å². The lowest BCUT2D eigenvalue weighted by Crippen LogP contribution is -2.24. The molecule has 0 heterocycles. The zero-order valence-corrected chi connectivity index (χ0v) is 18.2. The standard InChI is InChI=1S/C20H28Cl2O6/c1-19(2,17(23)24)7-5-9-27-15-11-14(22)16(12-13(15)21)28-10-6-8-20(3,4)18(25)26/h11-12H,5-10H2,1-4H3,(H,23,24)(H,25,26). The van der Waals surface area contributed by atoms with Crippen molar-refractivity contribution in [1.82, 2.24) is 0 Å². The Balaban J connectivity index is 2.53. The van der Waals surface area contributed by atoms with Gasteiger partial charge in [-0.2, -0.15) is 0 Å². The molecular formula is C20H28Cl2O6. The van der Waals surface area contributed by atoms with Crippen LogP contribution in [-0.4, -0.2) is 35.4 Å². The smallest absolute Gasteiger partial charge is 0.309 e. The largest absolute Gasteiger partial charge is 0.492 e. The zero-order valence-electron chi connectivity index (χ0n) is 16.7. The van der Waals surface area contributed by atoms with Crippen molar-refractivity contribution in [3.05, 3.63) is 22.2 Å². The molecule has 0 aliphatic rings. The van der Waals surface area contributed by atoms with Gasteiger partial charge >= 0.3 is 11.9 Å². The predicted octanol–water partition coefficient (Wildman–Crippen LogP) is 5.53. The van der Waals surface area contributed by atoms with Crippen molar-refractivity contribution in [3.8, 4) is 11.5 Å². The van der Waals surface area contributed by atoms with Gasteiger partial charge in [0.05, 0.1) is 34.1 Å². The van der Waals surface area contributed by atoms with E-state index >= 15 is 0 Å². The van der Waals surface area contributed by atoms with Crippen molar-refractivity contribution < 1.29 is 29.3 Å². The Labute approximate surface area is 175 Å². The molecule has 1 aromatic carbocycles. The monoisotopic (exact) mass is 434 g/mol. The lowest BCUT2D eigenvalue weighted by molar-refractivity contribution is -0.148. The van der Waals surface area contributed by atoms with Gasteiger partial charge in [0.25, 0.3) is 0 Å². The fourth-order valence-corrected chi connectivity index (χ4v) is 2.75. The molecular weight excluding hydrogens is 407 g/mol. The van der Waals surface area contributed by atoms with E-state index in [9.17, 15) is 9.59 Å². The quantitative estimate of drug-likeness (QED) is 0.419. The summed E-state index contributed by atoms with van der Waals surface area (Å²) in [5.74, 6) is -0.887. The van der Waals surface area contributed by atoms with Gasteiger partial charge < -0.3 is 19.7 Å². The van der Waals surface area contributed by atoms with E-state index in [-0.39, 0.29) is 0 Å². The van der Waals surface area contributed by atoms with Crippen molar-refractivity contribution in [2.24, 2.45) is 10.8 Å². The van der Waals surface area contributed by atoms with Crippen LogP contribution >= 0.6 is 23.2 Å². The Kier molecular flexibility index (Phi) is 8.89. The van der Waals surface area contributed by atoms with Gasteiger partial charge in [0, 0.05) is 12.1 Å². The molecule has 1 rings (SSSR count). The Morgan fingerprint density at radius 3 is 1.43 bits per heavy atom. The first kappa shape index (κ1) is 24.4. The van der Waals surface area contributed by atoms with E-state index in [2.05, 4.69) is 0 Å². The number of rotatable bonds is 12. The van der Waals surface area contributed by atoms with Crippen molar-refractivity contribution in [1.29, 1.82) is 0 Å². The van der Waals surface area contributed by atoms with E-state index in [4.69, 9.17) is 42.9 Å². The first-order chi connectivity index (χ1) is 12.9. The SMILES string of the molecule is CC(C)(CCCOc1cc(Cl)c(OCCCC(C)(C)C(=O)O)cc1Cl)C(=O)O. The summed E-state index contributed by atoms with van der Waals surface area (Å²) in [6.45, 7) is 7.31. The van der Waals surface area contributed by atoms with Crippen LogP contribution in [0.3, 0.4) is 0 Å². The topological polar surface area (TPSA) is 93.1 Å². The molecule has 0 saturated carbocycles. The number of hydrogen-bond acceptors (Lipinski definition) is 4. The van der Waals surface area contributed by atoms with Crippen LogP contribution in [0.4, 0.5) is 0 Å². The van der Waals surface area contributed by atoms with E-state index < -0.39 is 22.8 Å². The molecule has 6 nitrogen and oxygen atoms in total. The summed E-state index contributed by atoms with van der Waals surface area (Å²) in [6, 6.07) is 3.12. The number of ether oxygens (including phenoxy) is 2. The van der Waals surface area contributed by atoms with Gasteiger partial charge in [-0.05, 0) is 53.4 Å². The molecule has 2 N–H and O–H groups in total. The Morgan fingerprint density at radius 1 is 0.821 bits per heavy atom. The van der Waals surface area contributed by atoms with E-state index in [0.717, 1.165) is 0 Å². The van der Waals surface area contributed by atoms with E-state index in [1.165, 1.54) is 0 Å². The average molecular weight is 435 g/mol. The first-order valence-electron chi connectivity index (χ1n) is 9.08. The van der Waals surface area contributed by atoms with Gasteiger partial charge in [-0.15, -0.1) is 0 Å². The molecule has 0 fully saturated rings. The van der Waals surface area contributed by atoms with Crippen molar-refractivity contribution in [2.75, 3.05) is 13.2 Å². The average Bonchev–Trinajstić information content (AvgIpc) is 2.58.